The van der Waals surface area contributed by atoms with Gasteiger partial charge in [-0.2, -0.15) is 0 Å². The first kappa shape index (κ1) is 9.71. The van der Waals surface area contributed by atoms with E-state index in [2.05, 4.69) is 18.8 Å². The lowest BCUT2D eigenvalue weighted by Crippen LogP contribution is -2.07. The highest BCUT2D eigenvalue weighted by atomic mass is 16.4. The van der Waals surface area contributed by atoms with E-state index in [1.807, 2.05) is 6.92 Å². The van der Waals surface area contributed by atoms with Gasteiger partial charge < -0.3 is 10.2 Å². The summed E-state index contributed by atoms with van der Waals surface area (Å²) >= 11 is 0. The van der Waals surface area contributed by atoms with Crippen LogP contribution in [0.2, 0.25) is 0 Å². The van der Waals surface area contributed by atoms with E-state index in [1.165, 1.54) is 12.8 Å². The van der Waals surface area contributed by atoms with Gasteiger partial charge in [-0.1, -0.05) is 13.8 Å². The van der Waals surface area contributed by atoms with Crippen molar-refractivity contribution in [2.45, 2.75) is 51.5 Å². The summed E-state index contributed by atoms with van der Waals surface area (Å²) in [5, 5.41) is 0. The van der Waals surface area contributed by atoms with Crippen molar-refractivity contribution in [3.63, 3.8) is 0 Å². The van der Waals surface area contributed by atoms with Crippen molar-refractivity contribution in [2.24, 2.45) is 5.73 Å². The summed E-state index contributed by atoms with van der Waals surface area (Å²) in [5.41, 5.74) is 6.90. The molecule has 2 N–H and O–H groups in total. The molecule has 3 heteroatoms. The minimum Gasteiger partial charge on any atom is -0.443 e. The number of aromatic nitrogens is 1. The molecule has 1 unspecified atom stereocenters. The highest BCUT2D eigenvalue weighted by molar-refractivity contribution is 5.19. The Kier molecular flexibility index (Phi) is 2.35. The molecule has 0 aliphatic heterocycles. The van der Waals surface area contributed by atoms with Gasteiger partial charge in [-0.15, -0.1) is 0 Å². The number of hydrogen-bond donors (Lipinski definition) is 1. The van der Waals surface area contributed by atoms with Crippen LogP contribution in [-0.4, -0.2) is 4.98 Å². The SMILES string of the molecule is CC(C)c1nc(C2CC2)oc1C(C)N. The van der Waals surface area contributed by atoms with Gasteiger partial charge >= 0.3 is 0 Å². The molecular weight excluding hydrogens is 176 g/mol. The smallest absolute Gasteiger partial charge is 0.197 e. The van der Waals surface area contributed by atoms with Gasteiger partial charge in [0.15, 0.2) is 5.89 Å². The number of hydrogen-bond acceptors (Lipinski definition) is 3. The van der Waals surface area contributed by atoms with Crippen molar-refractivity contribution in [1.29, 1.82) is 0 Å². The Labute approximate surface area is 84.7 Å². The fourth-order valence-corrected chi connectivity index (χ4v) is 1.61. The second-order valence-electron chi connectivity index (χ2n) is 4.52. The van der Waals surface area contributed by atoms with E-state index >= 15 is 0 Å². The summed E-state index contributed by atoms with van der Waals surface area (Å²) in [5.74, 6) is 2.75. The number of oxazole rings is 1. The lowest BCUT2D eigenvalue weighted by molar-refractivity contribution is 0.432. The summed E-state index contributed by atoms with van der Waals surface area (Å²) in [7, 11) is 0. The molecule has 0 bridgehead atoms. The van der Waals surface area contributed by atoms with Crippen LogP contribution in [0.5, 0.6) is 0 Å². The van der Waals surface area contributed by atoms with E-state index in [9.17, 15) is 0 Å². The summed E-state index contributed by atoms with van der Waals surface area (Å²) < 4.78 is 5.73. The first-order valence-corrected chi connectivity index (χ1v) is 5.35. The lowest BCUT2D eigenvalue weighted by atomic mass is 10.1. The van der Waals surface area contributed by atoms with Crippen LogP contribution in [-0.2, 0) is 0 Å². The molecule has 0 radical (unpaired) electrons. The molecule has 0 saturated heterocycles. The lowest BCUT2D eigenvalue weighted by Gasteiger charge is -2.05. The molecule has 2 rings (SSSR count). The zero-order valence-corrected chi connectivity index (χ0v) is 9.08. The largest absolute Gasteiger partial charge is 0.443 e. The monoisotopic (exact) mass is 194 g/mol. The minimum absolute atomic E-state index is 0.0487. The number of nitrogens with zero attached hydrogens (tertiary/aromatic N) is 1. The first-order valence-electron chi connectivity index (χ1n) is 5.35. The Morgan fingerprint density at radius 2 is 2.00 bits per heavy atom. The fourth-order valence-electron chi connectivity index (χ4n) is 1.61. The normalized spacial score (nSPS) is 18.9. The van der Waals surface area contributed by atoms with Crippen LogP contribution in [0.3, 0.4) is 0 Å². The van der Waals surface area contributed by atoms with Crippen LogP contribution in [0.1, 0.15) is 68.8 Å². The highest BCUT2D eigenvalue weighted by Crippen LogP contribution is 2.41. The van der Waals surface area contributed by atoms with Gasteiger partial charge in [0.2, 0.25) is 0 Å². The van der Waals surface area contributed by atoms with E-state index in [0.717, 1.165) is 17.3 Å². The van der Waals surface area contributed by atoms with Crippen LogP contribution in [0.25, 0.3) is 0 Å². The van der Waals surface area contributed by atoms with Crippen LogP contribution < -0.4 is 5.73 Å². The standard InChI is InChI=1S/C11H18N2O/c1-6(2)9-10(7(3)12)14-11(13-9)8-4-5-8/h6-8H,4-5,12H2,1-3H3. The van der Waals surface area contributed by atoms with Crippen LogP contribution in [0.15, 0.2) is 4.42 Å². The second-order valence-corrected chi connectivity index (χ2v) is 4.52. The van der Waals surface area contributed by atoms with Crippen molar-refractivity contribution in [3.8, 4) is 0 Å². The predicted octanol–water partition coefficient (Wildman–Crippen LogP) is 2.70. The van der Waals surface area contributed by atoms with Crippen molar-refractivity contribution in [1.82, 2.24) is 4.98 Å². The van der Waals surface area contributed by atoms with Crippen molar-refractivity contribution in [3.05, 3.63) is 17.3 Å². The average Bonchev–Trinajstić information content (AvgIpc) is 2.83. The van der Waals surface area contributed by atoms with Crippen molar-refractivity contribution in [2.75, 3.05) is 0 Å². The quantitative estimate of drug-likeness (QED) is 0.804. The van der Waals surface area contributed by atoms with Gasteiger partial charge in [-0.05, 0) is 25.7 Å². The summed E-state index contributed by atoms with van der Waals surface area (Å²) in [6, 6.07) is -0.0487. The second kappa shape index (κ2) is 3.39. The minimum atomic E-state index is -0.0487. The number of nitrogens with two attached hydrogens (primary N) is 1. The topological polar surface area (TPSA) is 52.0 Å². The molecule has 0 aromatic carbocycles. The highest BCUT2D eigenvalue weighted by Gasteiger charge is 2.31. The van der Waals surface area contributed by atoms with E-state index in [-0.39, 0.29) is 6.04 Å². The third-order valence-corrected chi connectivity index (χ3v) is 2.58. The Balaban J connectivity index is 2.34. The van der Waals surface area contributed by atoms with Crippen molar-refractivity contribution < 1.29 is 4.42 Å². The molecule has 78 valence electrons. The molecule has 0 spiro atoms. The van der Waals surface area contributed by atoms with Gasteiger partial charge in [0.25, 0.3) is 0 Å². The maximum absolute atomic E-state index is 5.85. The molecule has 1 saturated carbocycles. The third kappa shape index (κ3) is 1.69. The zero-order chi connectivity index (χ0) is 10.3. The Morgan fingerprint density at radius 3 is 2.36 bits per heavy atom. The molecule has 1 fully saturated rings. The number of rotatable bonds is 3. The van der Waals surface area contributed by atoms with E-state index < -0.39 is 0 Å². The zero-order valence-electron chi connectivity index (χ0n) is 9.08. The van der Waals surface area contributed by atoms with Gasteiger partial charge in [0, 0.05) is 5.92 Å². The molecule has 1 aromatic heterocycles. The molecular formula is C11H18N2O. The fraction of sp³-hybridized carbons (Fsp3) is 0.727. The molecule has 1 aliphatic carbocycles. The van der Waals surface area contributed by atoms with Crippen LogP contribution in [0.4, 0.5) is 0 Å². The Morgan fingerprint density at radius 1 is 1.36 bits per heavy atom. The van der Waals surface area contributed by atoms with Crippen LogP contribution in [0, 0.1) is 0 Å². The molecule has 1 atom stereocenters. The maximum Gasteiger partial charge on any atom is 0.197 e. The van der Waals surface area contributed by atoms with Crippen molar-refractivity contribution >= 4 is 0 Å². The maximum atomic E-state index is 5.85. The van der Waals surface area contributed by atoms with Gasteiger partial charge in [-0.3, -0.25) is 0 Å². The average molecular weight is 194 g/mol. The summed E-state index contributed by atoms with van der Waals surface area (Å²) in [6.07, 6.45) is 2.44. The molecule has 0 amide bonds. The molecule has 1 aromatic rings. The first-order chi connectivity index (χ1) is 6.59. The summed E-state index contributed by atoms with van der Waals surface area (Å²) in [4.78, 5) is 4.55. The third-order valence-electron chi connectivity index (χ3n) is 2.58. The van der Waals surface area contributed by atoms with Gasteiger partial charge in [-0.25, -0.2) is 4.98 Å². The molecule has 1 heterocycles. The van der Waals surface area contributed by atoms with E-state index in [1.54, 1.807) is 0 Å². The Hall–Kier alpha value is -0.830. The molecule has 14 heavy (non-hydrogen) atoms. The molecule has 3 nitrogen and oxygen atoms in total. The predicted molar refractivity (Wildman–Crippen MR) is 55.2 cm³/mol. The van der Waals surface area contributed by atoms with E-state index in [0.29, 0.717) is 11.8 Å². The van der Waals surface area contributed by atoms with Crippen LogP contribution >= 0.6 is 0 Å². The van der Waals surface area contributed by atoms with E-state index in [4.69, 9.17) is 10.2 Å². The van der Waals surface area contributed by atoms with Gasteiger partial charge in [0.05, 0.1) is 11.7 Å². The Bertz CT molecular complexity index is 299. The molecule has 1 aliphatic rings. The van der Waals surface area contributed by atoms with Gasteiger partial charge in [0.1, 0.15) is 5.76 Å². The summed E-state index contributed by atoms with van der Waals surface area (Å²) in [6.45, 7) is 6.20.